The van der Waals surface area contributed by atoms with Crippen LogP contribution in [0.2, 0.25) is 0 Å². The van der Waals surface area contributed by atoms with Gasteiger partial charge in [-0.15, -0.1) is 0 Å². The van der Waals surface area contributed by atoms with Gasteiger partial charge in [-0.1, -0.05) is 31.2 Å². The second-order valence-corrected chi connectivity index (χ2v) is 4.85. The van der Waals surface area contributed by atoms with Crippen LogP contribution in [0, 0.1) is 6.92 Å². The van der Waals surface area contributed by atoms with E-state index in [-0.39, 0.29) is 5.97 Å². The van der Waals surface area contributed by atoms with Crippen molar-refractivity contribution in [2.24, 2.45) is 0 Å². The van der Waals surface area contributed by atoms with E-state index in [1.54, 1.807) is 0 Å². The quantitative estimate of drug-likeness (QED) is 0.607. The van der Waals surface area contributed by atoms with Gasteiger partial charge in [0.25, 0.3) is 0 Å². The average molecular weight is 248 g/mol. The Balaban J connectivity index is 2.36. The molecule has 18 heavy (non-hydrogen) atoms. The lowest BCUT2D eigenvalue weighted by atomic mass is 9.84. The number of carbonyl (C=O) groups excluding carboxylic acids is 1. The molecule has 0 spiro atoms. The van der Waals surface area contributed by atoms with E-state index in [4.69, 9.17) is 9.47 Å². The molecule has 2 atom stereocenters. The fraction of sp³-hybridized carbons (Fsp3) is 0.533. The largest absolute Gasteiger partial charge is 0.464 e. The Kier molecular flexibility index (Phi) is 3.20. The van der Waals surface area contributed by atoms with Crippen molar-refractivity contribution in [3.63, 3.8) is 0 Å². The minimum atomic E-state index is -0.810. The standard InChI is InChI=1S/C15H20O3/c1-5-15(13(16)17-6-2)14(4,18-15)12-10-8-7-9-11(12)3/h7-10H,5-6H2,1-4H3. The Morgan fingerprint density at radius 3 is 2.56 bits per heavy atom. The van der Waals surface area contributed by atoms with E-state index in [2.05, 4.69) is 0 Å². The van der Waals surface area contributed by atoms with E-state index in [1.165, 1.54) is 0 Å². The number of carbonyl (C=O) groups is 1. The second kappa shape index (κ2) is 4.39. The third-order valence-electron chi connectivity index (χ3n) is 3.87. The molecule has 0 aliphatic carbocycles. The number of epoxide rings is 1. The Morgan fingerprint density at radius 2 is 2.00 bits per heavy atom. The van der Waals surface area contributed by atoms with Crippen molar-refractivity contribution in [3.05, 3.63) is 35.4 Å². The normalized spacial score (nSPS) is 30.0. The number of esters is 1. The van der Waals surface area contributed by atoms with Gasteiger partial charge < -0.3 is 9.47 Å². The van der Waals surface area contributed by atoms with Crippen LogP contribution >= 0.6 is 0 Å². The summed E-state index contributed by atoms with van der Waals surface area (Å²) in [6.07, 6.45) is 0.622. The van der Waals surface area contributed by atoms with Crippen molar-refractivity contribution < 1.29 is 14.3 Å². The molecule has 0 radical (unpaired) electrons. The van der Waals surface area contributed by atoms with Crippen LogP contribution in [0.1, 0.15) is 38.3 Å². The van der Waals surface area contributed by atoms with Crippen LogP contribution < -0.4 is 0 Å². The Bertz CT molecular complexity index is 469. The lowest BCUT2D eigenvalue weighted by Crippen LogP contribution is -2.33. The first kappa shape index (κ1) is 13.1. The van der Waals surface area contributed by atoms with Gasteiger partial charge in [-0.05, 0) is 38.3 Å². The summed E-state index contributed by atoms with van der Waals surface area (Å²) >= 11 is 0. The third kappa shape index (κ3) is 1.65. The minimum absolute atomic E-state index is 0.252. The lowest BCUT2D eigenvalue weighted by molar-refractivity contribution is -0.149. The summed E-state index contributed by atoms with van der Waals surface area (Å²) < 4.78 is 11.0. The summed E-state index contributed by atoms with van der Waals surface area (Å²) in [5, 5.41) is 0. The predicted molar refractivity (Wildman–Crippen MR) is 69.3 cm³/mol. The van der Waals surface area contributed by atoms with Crippen molar-refractivity contribution in [1.82, 2.24) is 0 Å². The van der Waals surface area contributed by atoms with Gasteiger partial charge in [-0.2, -0.15) is 0 Å². The van der Waals surface area contributed by atoms with Crippen LogP contribution in [0.3, 0.4) is 0 Å². The maximum atomic E-state index is 12.1. The zero-order valence-corrected chi connectivity index (χ0v) is 11.4. The van der Waals surface area contributed by atoms with E-state index in [0.29, 0.717) is 13.0 Å². The minimum Gasteiger partial charge on any atom is -0.464 e. The average Bonchev–Trinajstić information content (AvgIpc) is 2.98. The summed E-state index contributed by atoms with van der Waals surface area (Å²) in [7, 11) is 0. The number of ether oxygens (including phenoxy) is 2. The fourth-order valence-corrected chi connectivity index (χ4v) is 2.74. The number of aryl methyl sites for hydroxylation is 1. The van der Waals surface area contributed by atoms with E-state index in [0.717, 1.165) is 11.1 Å². The van der Waals surface area contributed by atoms with E-state index in [9.17, 15) is 4.79 Å². The summed E-state index contributed by atoms with van der Waals surface area (Å²) in [5.74, 6) is -0.252. The molecule has 98 valence electrons. The zero-order chi connectivity index (χ0) is 13.4. The molecule has 3 nitrogen and oxygen atoms in total. The molecule has 0 amide bonds. The fourth-order valence-electron chi connectivity index (χ4n) is 2.74. The third-order valence-corrected chi connectivity index (χ3v) is 3.87. The molecule has 1 heterocycles. The van der Waals surface area contributed by atoms with E-state index >= 15 is 0 Å². The van der Waals surface area contributed by atoms with E-state index < -0.39 is 11.2 Å². The van der Waals surface area contributed by atoms with Gasteiger partial charge in [0.2, 0.25) is 0 Å². The number of hydrogen-bond acceptors (Lipinski definition) is 3. The molecule has 1 saturated heterocycles. The van der Waals surface area contributed by atoms with Crippen LogP contribution in [0.4, 0.5) is 0 Å². The molecule has 1 aliphatic rings. The highest BCUT2D eigenvalue weighted by atomic mass is 16.7. The highest BCUT2D eigenvalue weighted by molar-refractivity contribution is 5.85. The highest BCUT2D eigenvalue weighted by Crippen LogP contribution is 2.58. The highest BCUT2D eigenvalue weighted by Gasteiger charge is 2.72. The molecule has 0 saturated carbocycles. The molecule has 1 aromatic rings. The van der Waals surface area contributed by atoms with Gasteiger partial charge in [0, 0.05) is 0 Å². The first-order chi connectivity index (χ1) is 8.52. The molecular weight excluding hydrogens is 228 g/mol. The van der Waals surface area contributed by atoms with Crippen molar-refractivity contribution in [1.29, 1.82) is 0 Å². The van der Waals surface area contributed by atoms with Gasteiger partial charge in [-0.25, -0.2) is 4.79 Å². The maximum absolute atomic E-state index is 12.1. The molecule has 2 unspecified atom stereocenters. The number of hydrogen-bond donors (Lipinski definition) is 0. The summed E-state index contributed by atoms with van der Waals surface area (Å²) in [6, 6.07) is 8.02. The monoisotopic (exact) mass is 248 g/mol. The molecule has 0 aromatic heterocycles. The SMILES string of the molecule is CCOC(=O)C1(CC)OC1(C)c1ccccc1C. The molecule has 3 heteroatoms. The molecule has 1 aliphatic heterocycles. The van der Waals surface area contributed by atoms with Crippen LogP contribution in [-0.2, 0) is 19.9 Å². The Hall–Kier alpha value is -1.35. The van der Waals surface area contributed by atoms with Crippen molar-refractivity contribution in [2.45, 2.75) is 45.3 Å². The van der Waals surface area contributed by atoms with Crippen LogP contribution in [0.25, 0.3) is 0 Å². The molecule has 1 aromatic carbocycles. The van der Waals surface area contributed by atoms with E-state index in [1.807, 2.05) is 52.0 Å². The molecule has 2 rings (SSSR count). The first-order valence-corrected chi connectivity index (χ1v) is 6.45. The summed E-state index contributed by atoms with van der Waals surface area (Å²) in [6.45, 7) is 8.16. The predicted octanol–water partition coefficient (Wildman–Crippen LogP) is 2.95. The molecule has 0 N–H and O–H groups in total. The Morgan fingerprint density at radius 1 is 1.33 bits per heavy atom. The van der Waals surface area contributed by atoms with Gasteiger partial charge in [0.1, 0.15) is 5.60 Å². The van der Waals surface area contributed by atoms with Gasteiger partial charge in [0.05, 0.1) is 6.61 Å². The van der Waals surface area contributed by atoms with Crippen LogP contribution in [-0.4, -0.2) is 18.2 Å². The van der Waals surface area contributed by atoms with Gasteiger partial charge in [0.15, 0.2) is 5.60 Å². The van der Waals surface area contributed by atoms with Crippen LogP contribution in [0.15, 0.2) is 24.3 Å². The Labute approximate surface area is 108 Å². The van der Waals surface area contributed by atoms with Crippen LogP contribution in [0.5, 0.6) is 0 Å². The number of benzene rings is 1. The van der Waals surface area contributed by atoms with Crippen molar-refractivity contribution in [2.75, 3.05) is 6.61 Å². The number of rotatable bonds is 4. The van der Waals surface area contributed by atoms with Gasteiger partial charge in [-0.3, -0.25) is 0 Å². The smallest absolute Gasteiger partial charge is 0.341 e. The summed E-state index contributed by atoms with van der Waals surface area (Å²) in [4.78, 5) is 12.1. The molecular formula is C15H20O3. The van der Waals surface area contributed by atoms with Crippen molar-refractivity contribution in [3.8, 4) is 0 Å². The maximum Gasteiger partial charge on any atom is 0.341 e. The topological polar surface area (TPSA) is 38.8 Å². The summed E-state index contributed by atoms with van der Waals surface area (Å²) in [5.41, 5.74) is 0.841. The van der Waals surface area contributed by atoms with Crippen molar-refractivity contribution >= 4 is 5.97 Å². The second-order valence-electron chi connectivity index (χ2n) is 4.85. The molecule has 0 bridgehead atoms. The molecule has 1 fully saturated rings. The van der Waals surface area contributed by atoms with Gasteiger partial charge >= 0.3 is 5.97 Å². The zero-order valence-electron chi connectivity index (χ0n) is 11.4. The lowest BCUT2D eigenvalue weighted by Gasteiger charge is -2.16. The first-order valence-electron chi connectivity index (χ1n) is 6.45.